The Morgan fingerprint density at radius 2 is 1.97 bits per heavy atom. The van der Waals surface area contributed by atoms with Crippen molar-refractivity contribution in [1.82, 2.24) is 10.9 Å². The molecule has 2 aliphatic rings. The third kappa shape index (κ3) is 4.19. The number of carbonyl (C=O) groups excluding carboxylic acids is 2. The molecule has 8 heteroatoms. The van der Waals surface area contributed by atoms with Crippen LogP contribution in [0.1, 0.15) is 12.5 Å². The van der Waals surface area contributed by atoms with Crippen molar-refractivity contribution < 1.29 is 9.59 Å². The van der Waals surface area contributed by atoms with Crippen molar-refractivity contribution in [1.29, 1.82) is 0 Å². The Hall–Kier alpha value is -2.68. The third-order valence-electron chi connectivity index (χ3n) is 4.95. The van der Waals surface area contributed by atoms with Gasteiger partial charge in [0.15, 0.2) is 5.17 Å². The monoisotopic (exact) mass is 409 g/mol. The number of para-hydroxylation sites is 2. The van der Waals surface area contributed by atoms with Gasteiger partial charge >= 0.3 is 0 Å². The second-order valence-corrected chi connectivity index (χ2v) is 7.79. The fourth-order valence-electron chi connectivity index (χ4n) is 3.45. The largest absolute Gasteiger partial charge is 0.325 e. The number of hydrazine groups is 1. The zero-order chi connectivity index (χ0) is 20.2. The van der Waals surface area contributed by atoms with E-state index in [1.807, 2.05) is 54.6 Å². The van der Waals surface area contributed by atoms with Crippen molar-refractivity contribution in [2.45, 2.75) is 19.5 Å². The zero-order valence-corrected chi connectivity index (χ0v) is 16.9. The minimum atomic E-state index is -0.311. The first-order valence-corrected chi connectivity index (χ1v) is 10.6. The Bertz CT molecular complexity index is 934. The number of thioether (sulfide) groups is 1. The maximum absolute atomic E-state index is 13.1. The quantitative estimate of drug-likeness (QED) is 0.706. The van der Waals surface area contributed by atoms with E-state index < -0.39 is 0 Å². The number of nitrogens with one attached hydrogen (secondary N) is 3. The van der Waals surface area contributed by atoms with E-state index in [1.165, 1.54) is 11.8 Å². The number of aryl methyl sites for hydroxylation is 1. The molecule has 7 nitrogen and oxygen atoms in total. The van der Waals surface area contributed by atoms with Crippen molar-refractivity contribution >= 4 is 40.1 Å². The van der Waals surface area contributed by atoms with Crippen LogP contribution in [0.2, 0.25) is 0 Å². The molecule has 4 rings (SSSR count). The van der Waals surface area contributed by atoms with Gasteiger partial charge in [0, 0.05) is 12.2 Å². The summed E-state index contributed by atoms with van der Waals surface area (Å²) in [5.41, 5.74) is 8.71. The third-order valence-corrected chi connectivity index (χ3v) is 5.90. The SMILES string of the molecule is CCc1ccccc1NC(=O)CSC1=NC2NNCC2C(=O)N1c1ccccc1. The van der Waals surface area contributed by atoms with Gasteiger partial charge in [0.2, 0.25) is 11.8 Å². The van der Waals surface area contributed by atoms with E-state index in [0.717, 1.165) is 23.4 Å². The smallest absolute Gasteiger partial charge is 0.241 e. The molecule has 2 aromatic rings. The summed E-state index contributed by atoms with van der Waals surface area (Å²) < 4.78 is 0. The molecule has 3 N–H and O–H groups in total. The Balaban J connectivity index is 1.50. The number of carbonyl (C=O) groups is 2. The number of rotatable bonds is 5. The van der Waals surface area contributed by atoms with E-state index in [9.17, 15) is 9.59 Å². The average molecular weight is 410 g/mol. The van der Waals surface area contributed by atoms with Crippen LogP contribution in [0.25, 0.3) is 0 Å². The first kappa shape index (κ1) is 19.6. The number of aliphatic imine (C=N–C) groups is 1. The van der Waals surface area contributed by atoms with Crippen LogP contribution in [-0.2, 0) is 16.0 Å². The van der Waals surface area contributed by atoms with Gasteiger partial charge in [-0.3, -0.25) is 19.9 Å². The summed E-state index contributed by atoms with van der Waals surface area (Å²) in [6, 6.07) is 17.2. The summed E-state index contributed by atoms with van der Waals surface area (Å²) in [5.74, 6) is -0.241. The highest BCUT2D eigenvalue weighted by molar-refractivity contribution is 8.14. The molecule has 1 fully saturated rings. The van der Waals surface area contributed by atoms with E-state index in [0.29, 0.717) is 11.7 Å². The minimum absolute atomic E-state index is 0.0204. The van der Waals surface area contributed by atoms with Gasteiger partial charge in [-0.05, 0) is 30.2 Å². The van der Waals surface area contributed by atoms with E-state index >= 15 is 0 Å². The number of anilines is 2. The Kier molecular flexibility index (Phi) is 5.94. The first-order chi connectivity index (χ1) is 14.2. The van der Waals surface area contributed by atoms with Crippen LogP contribution in [0.3, 0.4) is 0 Å². The molecule has 0 saturated carbocycles. The average Bonchev–Trinajstić information content (AvgIpc) is 3.22. The summed E-state index contributed by atoms with van der Waals surface area (Å²) in [6.07, 6.45) is 0.530. The van der Waals surface area contributed by atoms with Crippen molar-refractivity contribution in [3.8, 4) is 0 Å². The lowest BCUT2D eigenvalue weighted by atomic mass is 10.1. The number of amidine groups is 1. The normalized spacial score (nSPS) is 20.9. The molecule has 1 saturated heterocycles. The van der Waals surface area contributed by atoms with Gasteiger partial charge < -0.3 is 5.32 Å². The summed E-state index contributed by atoms with van der Waals surface area (Å²) in [6.45, 7) is 2.58. The molecular formula is C21H23N5O2S. The Morgan fingerprint density at radius 1 is 1.21 bits per heavy atom. The standard InChI is InChI=1S/C21H23N5O2S/c1-2-14-8-6-7-11-17(14)23-18(27)13-29-21-24-19-16(12-22-25-19)20(28)26(21)15-9-4-3-5-10-15/h3-11,16,19,22,25H,2,12-13H2,1H3,(H,23,27). The van der Waals surface area contributed by atoms with Gasteiger partial charge in [-0.2, -0.15) is 0 Å². The summed E-state index contributed by atoms with van der Waals surface area (Å²) >= 11 is 1.27. The second-order valence-electron chi connectivity index (χ2n) is 6.84. The summed E-state index contributed by atoms with van der Waals surface area (Å²) in [5, 5.41) is 3.49. The van der Waals surface area contributed by atoms with Gasteiger partial charge in [-0.1, -0.05) is 55.1 Å². The number of hydrogen-bond acceptors (Lipinski definition) is 6. The van der Waals surface area contributed by atoms with Crippen LogP contribution in [0, 0.1) is 5.92 Å². The first-order valence-electron chi connectivity index (χ1n) is 9.63. The van der Waals surface area contributed by atoms with Crippen LogP contribution in [-0.4, -0.2) is 35.4 Å². The molecule has 2 unspecified atom stereocenters. The van der Waals surface area contributed by atoms with Gasteiger partial charge in [0.1, 0.15) is 6.17 Å². The zero-order valence-electron chi connectivity index (χ0n) is 16.1. The lowest BCUT2D eigenvalue weighted by Gasteiger charge is -2.32. The van der Waals surface area contributed by atoms with Gasteiger partial charge in [-0.25, -0.2) is 10.4 Å². The summed E-state index contributed by atoms with van der Waals surface area (Å²) in [4.78, 5) is 32.0. The molecule has 29 heavy (non-hydrogen) atoms. The molecule has 0 spiro atoms. The number of benzene rings is 2. The van der Waals surface area contributed by atoms with E-state index in [2.05, 4.69) is 23.1 Å². The number of amides is 2. The van der Waals surface area contributed by atoms with Crippen LogP contribution in [0.5, 0.6) is 0 Å². The van der Waals surface area contributed by atoms with Gasteiger partial charge in [0.25, 0.3) is 0 Å². The Morgan fingerprint density at radius 3 is 2.76 bits per heavy atom. The molecule has 2 amide bonds. The van der Waals surface area contributed by atoms with Crippen LogP contribution < -0.4 is 21.1 Å². The van der Waals surface area contributed by atoms with Crippen molar-refractivity contribution in [2.24, 2.45) is 10.9 Å². The lowest BCUT2D eigenvalue weighted by molar-refractivity contribution is -0.121. The maximum Gasteiger partial charge on any atom is 0.241 e. The summed E-state index contributed by atoms with van der Waals surface area (Å²) in [7, 11) is 0. The number of nitrogens with zero attached hydrogens (tertiary/aromatic N) is 2. The molecule has 2 heterocycles. The number of fused-ring (bicyclic) bond motifs is 1. The van der Waals surface area contributed by atoms with Gasteiger partial charge in [-0.15, -0.1) is 0 Å². The molecule has 2 atom stereocenters. The fourth-order valence-corrected chi connectivity index (χ4v) is 4.30. The molecule has 0 radical (unpaired) electrons. The molecular weight excluding hydrogens is 386 g/mol. The number of hydrogen-bond donors (Lipinski definition) is 3. The maximum atomic E-state index is 13.1. The molecule has 150 valence electrons. The highest BCUT2D eigenvalue weighted by Crippen LogP contribution is 2.29. The highest BCUT2D eigenvalue weighted by atomic mass is 32.2. The van der Waals surface area contributed by atoms with Crippen molar-refractivity contribution in [3.05, 3.63) is 60.2 Å². The predicted molar refractivity (Wildman–Crippen MR) is 117 cm³/mol. The van der Waals surface area contributed by atoms with E-state index in [1.54, 1.807) is 4.90 Å². The molecule has 2 aliphatic heterocycles. The van der Waals surface area contributed by atoms with E-state index in [-0.39, 0.29) is 29.7 Å². The lowest BCUT2D eigenvalue weighted by Crippen LogP contribution is -2.49. The van der Waals surface area contributed by atoms with Crippen LogP contribution in [0.4, 0.5) is 11.4 Å². The van der Waals surface area contributed by atoms with Gasteiger partial charge in [0.05, 0.1) is 17.4 Å². The topological polar surface area (TPSA) is 85.8 Å². The molecule has 0 aromatic heterocycles. The second kappa shape index (κ2) is 8.77. The Labute approximate surface area is 173 Å². The molecule has 2 aromatic carbocycles. The fraction of sp³-hybridized carbons (Fsp3) is 0.286. The minimum Gasteiger partial charge on any atom is -0.325 e. The molecule has 0 aliphatic carbocycles. The predicted octanol–water partition coefficient (Wildman–Crippen LogP) is 2.37. The van der Waals surface area contributed by atoms with E-state index in [4.69, 9.17) is 4.99 Å². The van der Waals surface area contributed by atoms with Crippen molar-refractivity contribution in [3.63, 3.8) is 0 Å². The van der Waals surface area contributed by atoms with Crippen LogP contribution >= 0.6 is 11.8 Å². The van der Waals surface area contributed by atoms with Crippen LogP contribution in [0.15, 0.2) is 59.6 Å². The molecule has 0 bridgehead atoms. The highest BCUT2D eigenvalue weighted by Gasteiger charge is 2.42. The van der Waals surface area contributed by atoms with Crippen molar-refractivity contribution in [2.75, 3.05) is 22.5 Å².